The Labute approximate surface area is 226 Å². The van der Waals surface area contributed by atoms with E-state index in [1.165, 1.54) is 0 Å². The first kappa shape index (κ1) is 23.9. The van der Waals surface area contributed by atoms with Crippen LogP contribution in [0.5, 0.6) is 11.5 Å². The molecule has 1 aliphatic rings. The molecule has 5 nitrogen and oxygen atoms in total. The summed E-state index contributed by atoms with van der Waals surface area (Å²) in [6, 6.07) is 34.6. The summed E-state index contributed by atoms with van der Waals surface area (Å²) in [6.45, 7) is 0.925. The normalized spacial score (nSPS) is 14.8. The Morgan fingerprint density at radius 1 is 0.763 bits per heavy atom. The molecule has 1 aliphatic heterocycles. The van der Waals surface area contributed by atoms with E-state index in [4.69, 9.17) is 14.6 Å². The number of pyridine rings is 1. The highest BCUT2D eigenvalue weighted by Gasteiger charge is 2.31. The zero-order valence-corrected chi connectivity index (χ0v) is 21.6. The van der Waals surface area contributed by atoms with Crippen LogP contribution >= 0.6 is 11.3 Å². The van der Waals surface area contributed by atoms with Gasteiger partial charge in [-0.15, -0.1) is 0 Å². The molecule has 6 heteroatoms. The average molecular weight is 518 g/mol. The predicted octanol–water partition coefficient (Wildman–Crippen LogP) is 7.66. The Morgan fingerprint density at radius 2 is 1.47 bits per heavy atom. The van der Waals surface area contributed by atoms with Crippen LogP contribution in [0.3, 0.4) is 0 Å². The number of thiophene rings is 1. The van der Waals surface area contributed by atoms with Gasteiger partial charge in [-0.3, -0.25) is 0 Å². The van der Waals surface area contributed by atoms with Crippen molar-refractivity contribution < 1.29 is 9.47 Å². The molecule has 0 N–H and O–H groups in total. The topological polar surface area (TPSA) is 47.0 Å². The van der Waals surface area contributed by atoms with Crippen molar-refractivity contribution in [2.24, 2.45) is 5.10 Å². The molecule has 3 heterocycles. The number of hydrazone groups is 1. The molecule has 1 atom stereocenters. The van der Waals surface area contributed by atoms with Gasteiger partial charge in [0.05, 0.1) is 11.8 Å². The molecule has 2 aromatic heterocycles. The maximum absolute atomic E-state index is 6.36. The van der Waals surface area contributed by atoms with Gasteiger partial charge in [0.2, 0.25) is 0 Å². The molecule has 0 saturated heterocycles. The largest absolute Gasteiger partial charge is 0.485 e. The minimum absolute atomic E-state index is 0.0120. The molecule has 188 valence electrons. The summed E-state index contributed by atoms with van der Waals surface area (Å²) >= 11 is 1.68. The molecule has 0 amide bonds. The summed E-state index contributed by atoms with van der Waals surface area (Å²) in [5.74, 6) is 2.25. The van der Waals surface area contributed by atoms with Gasteiger partial charge in [-0.25, -0.2) is 9.99 Å². The second kappa shape index (κ2) is 11.3. The zero-order chi connectivity index (χ0) is 25.6. The summed E-state index contributed by atoms with van der Waals surface area (Å²) in [6.07, 6.45) is 2.58. The Morgan fingerprint density at radius 3 is 2.13 bits per heavy atom. The fourth-order valence-corrected chi connectivity index (χ4v) is 5.17. The number of rotatable bonds is 9. The lowest BCUT2D eigenvalue weighted by Gasteiger charge is -2.24. The van der Waals surface area contributed by atoms with Gasteiger partial charge in [-0.1, -0.05) is 72.8 Å². The van der Waals surface area contributed by atoms with E-state index in [0.717, 1.165) is 46.0 Å². The molecule has 0 saturated carbocycles. The first-order chi connectivity index (χ1) is 18.8. The SMILES string of the molecule is c1ccc(COc2ccc(C3CC(c4ccsc4)=NN3c3ccccn3)cc2OCc2ccccc2)cc1. The Bertz CT molecular complexity index is 1490. The van der Waals surface area contributed by atoms with E-state index in [9.17, 15) is 0 Å². The Hall–Kier alpha value is -4.42. The monoisotopic (exact) mass is 517 g/mol. The molecular weight excluding hydrogens is 490 g/mol. The molecule has 5 aromatic rings. The Balaban J connectivity index is 1.32. The number of benzene rings is 3. The highest BCUT2D eigenvalue weighted by Crippen LogP contribution is 2.40. The van der Waals surface area contributed by atoms with Gasteiger partial charge in [0.1, 0.15) is 19.0 Å². The Kier molecular flexibility index (Phi) is 7.13. The van der Waals surface area contributed by atoms with Crippen molar-refractivity contribution in [1.29, 1.82) is 0 Å². The molecule has 38 heavy (non-hydrogen) atoms. The second-order valence-electron chi connectivity index (χ2n) is 9.07. The lowest BCUT2D eigenvalue weighted by molar-refractivity contribution is 0.255. The van der Waals surface area contributed by atoms with Crippen molar-refractivity contribution in [2.45, 2.75) is 25.7 Å². The van der Waals surface area contributed by atoms with Crippen LogP contribution in [0.4, 0.5) is 5.82 Å². The molecule has 0 spiro atoms. The van der Waals surface area contributed by atoms with Gasteiger partial charge < -0.3 is 9.47 Å². The van der Waals surface area contributed by atoms with Crippen molar-refractivity contribution in [3.63, 3.8) is 0 Å². The highest BCUT2D eigenvalue weighted by molar-refractivity contribution is 7.08. The highest BCUT2D eigenvalue weighted by atomic mass is 32.1. The summed E-state index contributed by atoms with van der Waals surface area (Å²) in [7, 11) is 0. The second-order valence-corrected chi connectivity index (χ2v) is 9.85. The third-order valence-electron chi connectivity index (χ3n) is 6.48. The number of hydrogen-bond acceptors (Lipinski definition) is 6. The van der Waals surface area contributed by atoms with Crippen LogP contribution in [-0.2, 0) is 13.2 Å². The van der Waals surface area contributed by atoms with E-state index < -0.39 is 0 Å². The predicted molar refractivity (Wildman–Crippen MR) is 153 cm³/mol. The first-order valence-corrected chi connectivity index (χ1v) is 13.6. The minimum Gasteiger partial charge on any atom is -0.485 e. The maximum Gasteiger partial charge on any atom is 0.162 e. The number of nitrogens with zero attached hydrogens (tertiary/aromatic N) is 3. The fourth-order valence-electron chi connectivity index (χ4n) is 4.51. The van der Waals surface area contributed by atoms with Gasteiger partial charge >= 0.3 is 0 Å². The number of hydrogen-bond donors (Lipinski definition) is 0. The molecule has 0 bridgehead atoms. The van der Waals surface area contributed by atoms with Crippen molar-refractivity contribution in [3.8, 4) is 11.5 Å². The summed E-state index contributed by atoms with van der Waals surface area (Å²) in [5, 5.41) is 11.3. The van der Waals surface area contributed by atoms with E-state index in [2.05, 4.69) is 58.2 Å². The number of anilines is 1. The van der Waals surface area contributed by atoms with Gasteiger partial charge in [-0.05, 0) is 57.8 Å². The number of aromatic nitrogens is 1. The van der Waals surface area contributed by atoms with Crippen LogP contribution in [0.25, 0.3) is 0 Å². The van der Waals surface area contributed by atoms with Gasteiger partial charge in [0, 0.05) is 18.2 Å². The van der Waals surface area contributed by atoms with Crippen LogP contribution in [0, 0.1) is 0 Å². The van der Waals surface area contributed by atoms with Gasteiger partial charge in [0.25, 0.3) is 0 Å². The molecule has 0 aliphatic carbocycles. The first-order valence-electron chi connectivity index (χ1n) is 12.6. The van der Waals surface area contributed by atoms with E-state index in [0.29, 0.717) is 19.0 Å². The fraction of sp³-hybridized carbons (Fsp3) is 0.125. The van der Waals surface area contributed by atoms with Crippen LogP contribution < -0.4 is 14.5 Å². The average Bonchev–Trinajstić information content (AvgIpc) is 3.68. The molecule has 0 radical (unpaired) electrons. The molecular formula is C32H27N3O2S. The standard InChI is InChI=1S/C32H27N3O2S/c1-3-9-24(10-4-1)21-36-30-15-14-26(19-31(30)37-22-25-11-5-2-6-12-25)29-20-28(27-16-18-38-23-27)34-35(29)32-13-7-8-17-33-32/h1-19,23,29H,20-22H2. The molecule has 3 aromatic carbocycles. The molecule has 0 fully saturated rings. The lowest BCUT2D eigenvalue weighted by atomic mass is 9.99. The summed E-state index contributed by atoms with van der Waals surface area (Å²) in [4.78, 5) is 4.60. The van der Waals surface area contributed by atoms with E-state index in [-0.39, 0.29) is 6.04 Å². The summed E-state index contributed by atoms with van der Waals surface area (Å²) in [5.41, 5.74) is 5.52. The molecule has 6 rings (SSSR count). The maximum atomic E-state index is 6.36. The van der Waals surface area contributed by atoms with Crippen LogP contribution in [0.1, 0.15) is 34.7 Å². The third kappa shape index (κ3) is 5.45. The van der Waals surface area contributed by atoms with Crippen molar-refractivity contribution in [3.05, 3.63) is 142 Å². The van der Waals surface area contributed by atoms with Crippen molar-refractivity contribution >= 4 is 22.9 Å². The lowest BCUT2D eigenvalue weighted by Crippen LogP contribution is -2.19. The van der Waals surface area contributed by atoms with Crippen molar-refractivity contribution in [2.75, 3.05) is 5.01 Å². The smallest absolute Gasteiger partial charge is 0.162 e. The van der Waals surface area contributed by atoms with Crippen molar-refractivity contribution in [1.82, 2.24) is 4.98 Å². The zero-order valence-electron chi connectivity index (χ0n) is 20.8. The third-order valence-corrected chi connectivity index (χ3v) is 7.16. The van der Waals surface area contributed by atoms with Gasteiger partial charge in [0.15, 0.2) is 11.5 Å². The van der Waals surface area contributed by atoms with E-state index in [1.807, 2.05) is 65.7 Å². The van der Waals surface area contributed by atoms with E-state index in [1.54, 1.807) is 17.5 Å². The summed E-state index contributed by atoms with van der Waals surface area (Å²) < 4.78 is 12.6. The minimum atomic E-state index is -0.0120. The number of ether oxygens (including phenoxy) is 2. The van der Waals surface area contributed by atoms with Gasteiger partial charge in [-0.2, -0.15) is 16.4 Å². The quantitative estimate of drug-likeness (QED) is 0.201. The van der Waals surface area contributed by atoms with Crippen LogP contribution in [0.2, 0.25) is 0 Å². The molecule has 1 unspecified atom stereocenters. The van der Waals surface area contributed by atoms with Crippen LogP contribution in [-0.4, -0.2) is 10.7 Å². The van der Waals surface area contributed by atoms with E-state index >= 15 is 0 Å². The van der Waals surface area contributed by atoms with Crippen LogP contribution in [0.15, 0.2) is 125 Å².